The second kappa shape index (κ2) is 5.98. The zero-order valence-electron chi connectivity index (χ0n) is 10.4. The highest BCUT2D eigenvalue weighted by Crippen LogP contribution is 2.27. The fourth-order valence-electron chi connectivity index (χ4n) is 1.59. The zero-order chi connectivity index (χ0) is 14.7. The van der Waals surface area contributed by atoms with Crippen molar-refractivity contribution in [2.24, 2.45) is 0 Å². The minimum atomic E-state index is -0.602. The number of methoxy groups -OCH3 is 1. The molecule has 0 spiro atoms. The SMILES string of the molecule is COc1ccc(Cl)cc1NC(=O)c1cc(Cl)c[nH]c1=O. The first kappa shape index (κ1) is 14.4. The molecule has 0 saturated carbocycles. The van der Waals surface area contributed by atoms with Gasteiger partial charge in [0.2, 0.25) is 0 Å². The molecule has 1 aromatic heterocycles. The van der Waals surface area contributed by atoms with Gasteiger partial charge in [-0.05, 0) is 24.3 Å². The molecule has 2 rings (SSSR count). The normalized spacial score (nSPS) is 10.2. The number of halogens is 2. The highest BCUT2D eigenvalue weighted by atomic mass is 35.5. The lowest BCUT2D eigenvalue weighted by Gasteiger charge is -2.10. The predicted octanol–water partition coefficient (Wildman–Crippen LogP) is 2.94. The van der Waals surface area contributed by atoms with E-state index >= 15 is 0 Å². The number of hydrogen-bond acceptors (Lipinski definition) is 3. The molecular weight excluding hydrogens is 303 g/mol. The Labute approximate surface area is 124 Å². The van der Waals surface area contributed by atoms with Crippen LogP contribution in [0.15, 0.2) is 35.3 Å². The van der Waals surface area contributed by atoms with Crippen LogP contribution in [0.25, 0.3) is 0 Å². The number of hydrogen-bond donors (Lipinski definition) is 2. The van der Waals surface area contributed by atoms with Crippen molar-refractivity contribution in [3.05, 3.63) is 56.4 Å². The molecule has 7 heteroatoms. The van der Waals surface area contributed by atoms with Crippen LogP contribution < -0.4 is 15.6 Å². The number of carbonyl (C=O) groups excluding carboxylic acids is 1. The standard InChI is InChI=1S/C13H10Cl2N2O3/c1-20-11-3-2-7(14)5-10(11)17-13(19)9-4-8(15)6-16-12(9)18/h2-6H,1H3,(H,16,18)(H,17,19). The molecule has 0 fully saturated rings. The summed E-state index contributed by atoms with van der Waals surface area (Å²) in [7, 11) is 1.46. The number of carbonyl (C=O) groups is 1. The van der Waals surface area contributed by atoms with E-state index in [1.54, 1.807) is 12.1 Å². The van der Waals surface area contributed by atoms with Crippen molar-refractivity contribution in [3.8, 4) is 5.75 Å². The summed E-state index contributed by atoms with van der Waals surface area (Å²) in [5.41, 5.74) is -0.267. The maximum Gasteiger partial charge on any atom is 0.261 e. The Hall–Kier alpha value is -1.98. The van der Waals surface area contributed by atoms with E-state index < -0.39 is 11.5 Å². The molecule has 1 heterocycles. The Bertz CT molecular complexity index is 713. The smallest absolute Gasteiger partial charge is 0.261 e. The maximum atomic E-state index is 12.1. The van der Waals surface area contributed by atoms with Gasteiger partial charge in [-0.1, -0.05) is 23.2 Å². The van der Waals surface area contributed by atoms with Crippen molar-refractivity contribution in [2.75, 3.05) is 12.4 Å². The van der Waals surface area contributed by atoms with Crippen LogP contribution in [0.4, 0.5) is 5.69 Å². The number of amides is 1. The highest BCUT2D eigenvalue weighted by Gasteiger charge is 2.14. The second-order valence-electron chi connectivity index (χ2n) is 3.86. The molecule has 0 aliphatic rings. The summed E-state index contributed by atoms with van der Waals surface area (Å²) in [5, 5.41) is 3.25. The van der Waals surface area contributed by atoms with E-state index in [-0.39, 0.29) is 10.6 Å². The molecule has 2 aromatic rings. The van der Waals surface area contributed by atoms with Gasteiger partial charge >= 0.3 is 0 Å². The van der Waals surface area contributed by atoms with Gasteiger partial charge in [-0.3, -0.25) is 9.59 Å². The molecule has 104 valence electrons. The number of anilines is 1. The van der Waals surface area contributed by atoms with E-state index in [1.807, 2.05) is 0 Å². The summed E-state index contributed by atoms with van der Waals surface area (Å²) < 4.78 is 5.11. The summed E-state index contributed by atoms with van der Waals surface area (Å²) in [6.45, 7) is 0. The first-order valence-electron chi connectivity index (χ1n) is 5.54. The first-order chi connectivity index (χ1) is 9.51. The Morgan fingerprint density at radius 1 is 1.25 bits per heavy atom. The third-order valence-corrected chi connectivity index (χ3v) is 2.98. The Morgan fingerprint density at radius 2 is 2.00 bits per heavy atom. The molecular formula is C13H10Cl2N2O3. The van der Waals surface area contributed by atoms with Crippen molar-refractivity contribution >= 4 is 34.8 Å². The molecule has 2 N–H and O–H groups in total. The number of rotatable bonds is 3. The molecule has 0 radical (unpaired) electrons. The highest BCUT2D eigenvalue weighted by molar-refractivity contribution is 6.31. The zero-order valence-corrected chi connectivity index (χ0v) is 11.9. The molecule has 5 nitrogen and oxygen atoms in total. The number of ether oxygens (including phenoxy) is 1. The Kier molecular flexibility index (Phi) is 4.32. The predicted molar refractivity (Wildman–Crippen MR) is 78.0 cm³/mol. The quantitative estimate of drug-likeness (QED) is 0.915. The summed E-state index contributed by atoms with van der Waals surface area (Å²) in [6, 6.07) is 6.05. The van der Waals surface area contributed by atoms with Crippen LogP contribution in [0, 0.1) is 0 Å². The van der Waals surface area contributed by atoms with E-state index in [0.717, 1.165) is 0 Å². The summed E-state index contributed by atoms with van der Waals surface area (Å²) in [6.07, 6.45) is 1.31. The van der Waals surface area contributed by atoms with Crippen LogP contribution in [0.3, 0.4) is 0 Å². The monoisotopic (exact) mass is 312 g/mol. The average Bonchev–Trinajstić information content (AvgIpc) is 2.41. The van der Waals surface area contributed by atoms with Crippen molar-refractivity contribution < 1.29 is 9.53 Å². The van der Waals surface area contributed by atoms with Gasteiger partial charge in [0.25, 0.3) is 11.5 Å². The third-order valence-electron chi connectivity index (χ3n) is 2.52. The largest absolute Gasteiger partial charge is 0.495 e. The third kappa shape index (κ3) is 3.12. The fraction of sp³-hybridized carbons (Fsp3) is 0.0769. The molecule has 0 aliphatic carbocycles. The van der Waals surface area contributed by atoms with E-state index in [2.05, 4.69) is 10.3 Å². The van der Waals surface area contributed by atoms with E-state index in [1.165, 1.54) is 25.4 Å². The van der Waals surface area contributed by atoms with E-state index in [9.17, 15) is 9.59 Å². The van der Waals surface area contributed by atoms with Gasteiger partial charge in [-0.2, -0.15) is 0 Å². The van der Waals surface area contributed by atoms with E-state index in [4.69, 9.17) is 27.9 Å². The van der Waals surface area contributed by atoms with Gasteiger partial charge in [-0.25, -0.2) is 0 Å². The minimum Gasteiger partial charge on any atom is -0.495 e. The average molecular weight is 313 g/mol. The number of aromatic nitrogens is 1. The molecule has 20 heavy (non-hydrogen) atoms. The molecule has 0 bridgehead atoms. The Morgan fingerprint density at radius 3 is 2.70 bits per heavy atom. The van der Waals surface area contributed by atoms with E-state index in [0.29, 0.717) is 16.5 Å². The van der Waals surface area contributed by atoms with Gasteiger partial charge in [0.1, 0.15) is 11.3 Å². The lowest BCUT2D eigenvalue weighted by molar-refractivity contribution is 0.102. The molecule has 0 aliphatic heterocycles. The second-order valence-corrected chi connectivity index (χ2v) is 4.73. The van der Waals surface area contributed by atoms with Gasteiger partial charge in [0.05, 0.1) is 17.8 Å². The number of aromatic amines is 1. The van der Waals surface area contributed by atoms with Crippen LogP contribution in [-0.2, 0) is 0 Å². The number of nitrogens with one attached hydrogen (secondary N) is 2. The molecule has 1 amide bonds. The first-order valence-corrected chi connectivity index (χ1v) is 6.30. The topological polar surface area (TPSA) is 71.2 Å². The lowest BCUT2D eigenvalue weighted by atomic mass is 10.2. The van der Waals surface area contributed by atoms with Gasteiger partial charge in [0, 0.05) is 11.2 Å². The molecule has 1 aromatic carbocycles. The van der Waals surface area contributed by atoms with Crippen LogP contribution in [0.5, 0.6) is 5.75 Å². The fourth-order valence-corrected chi connectivity index (χ4v) is 1.93. The number of benzene rings is 1. The van der Waals surface area contributed by atoms with Gasteiger partial charge in [-0.15, -0.1) is 0 Å². The molecule has 0 unspecified atom stereocenters. The Balaban J connectivity index is 2.34. The summed E-state index contributed by atoms with van der Waals surface area (Å²) in [4.78, 5) is 26.0. The van der Waals surface area contributed by atoms with Crippen molar-refractivity contribution in [3.63, 3.8) is 0 Å². The number of pyridine rings is 1. The number of H-pyrrole nitrogens is 1. The van der Waals surface area contributed by atoms with Crippen molar-refractivity contribution in [1.29, 1.82) is 0 Å². The van der Waals surface area contributed by atoms with Crippen molar-refractivity contribution in [1.82, 2.24) is 4.98 Å². The van der Waals surface area contributed by atoms with Gasteiger partial charge in [0.15, 0.2) is 0 Å². The van der Waals surface area contributed by atoms with Gasteiger partial charge < -0.3 is 15.0 Å². The van der Waals surface area contributed by atoms with Crippen LogP contribution in [0.1, 0.15) is 10.4 Å². The molecule has 0 atom stereocenters. The van der Waals surface area contributed by atoms with Crippen LogP contribution in [-0.4, -0.2) is 18.0 Å². The molecule has 0 saturated heterocycles. The van der Waals surface area contributed by atoms with Crippen LogP contribution in [0.2, 0.25) is 10.0 Å². The van der Waals surface area contributed by atoms with Crippen molar-refractivity contribution in [2.45, 2.75) is 0 Å². The summed E-state index contributed by atoms with van der Waals surface area (Å²) in [5.74, 6) is -0.171. The maximum absolute atomic E-state index is 12.1. The van der Waals surface area contributed by atoms with Crippen LogP contribution >= 0.6 is 23.2 Å². The lowest BCUT2D eigenvalue weighted by Crippen LogP contribution is -2.22. The minimum absolute atomic E-state index is 0.0977. The summed E-state index contributed by atoms with van der Waals surface area (Å²) >= 11 is 11.6.